The van der Waals surface area contributed by atoms with E-state index in [0.717, 1.165) is 59.7 Å². The van der Waals surface area contributed by atoms with Crippen LogP contribution in [0.1, 0.15) is 62.2 Å². The summed E-state index contributed by atoms with van der Waals surface area (Å²) in [6.07, 6.45) is 9.26. The van der Waals surface area contributed by atoms with Crippen molar-refractivity contribution in [1.29, 1.82) is 0 Å². The smallest absolute Gasteiger partial charge is 0.406 e. The molecule has 1 saturated carbocycles. The first-order chi connectivity index (χ1) is 15.6. The van der Waals surface area contributed by atoms with Crippen molar-refractivity contribution in [1.82, 2.24) is 25.4 Å². The lowest BCUT2D eigenvalue weighted by Crippen LogP contribution is -2.44. The number of nitrogens with zero attached hydrogens (tertiary/aromatic N) is 3. The van der Waals surface area contributed by atoms with Gasteiger partial charge in [-0.3, -0.25) is 9.89 Å². The van der Waals surface area contributed by atoms with Gasteiger partial charge in [0.15, 0.2) is 0 Å². The molecule has 32 heavy (non-hydrogen) atoms. The van der Waals surface area contributed by atoms with Gasteiger partial charge in [-0.25, -0.2) is 9.78 Å². The Kier molecular flexibility index (Phi) is 7.41. The highest BCUT2D eigenvalue weighted by molar-refractivity contribution is 7.15. The largest absolute Gasteiger partial charge is 0.453 e. The average Bonchev–Trinajstić information content (AvgIpc) is 3.32. The number of amides is 2. The average molecular weight is 462 g/mol. The molecule has 2 fully saturated rings. The minimum absolute atomic E-state index is 0.101. The minimum Gasteiger partial charge on any atom is -0.453 e. The third-order valence-electron chi connectivity index (χ3n) is 5.94. The fraction of sp³-hybridized carbons (Fsp3) is 0.636. The van der Waals surface area contributed by atoms with Crippen molar-refractivity contribution >= 4 is 23.3 Å². The maximum absolute atomic E-state index is 13.3. The Labute approximate surface area is 191 Å². The molecule has 1 aliphatic heterocycles. The summed E-state index contributed by atoms with van der Waals surface area (Å²) in [6.45, 7) is 3.24. The molecule has 0 radical (unpaired) electrons. The van der Waals surface area contributed by atoms with Crippen LogP contribution >= 0.6 is 11.3 Å². The molecule has 2 amide bonds. The first kappa shape index (κ1) is 22.7. The van der Waals surface area contributed by atoms with Gasteiger partial charge in [0.1, 0.15) is 11.1 Å². The van der Waals surface area contributed by atoms with Crippen molar-refractivity contribution in [2.75, 3.05) is 20.3 Å². The van der Waals surface area contributed by atoms with Crippen LogP contribution in [0.25, 0.3) is 10.4 Å². The standard InChI is InChI=1S/C22H31N5O4S/c1-14(27(16-8-9-16)21(28)18-7-3-4-11-31-18)20-26-17(6-5-10-23-22(29)30-2)19(32-20)15-12-24-25-13-15/h12-14,16,18H,3-11H2,1-2H3,(H,23,29)(H,24,25)/t14-,18-/m1/s1. The van der Waals surface area contributed by atoms with E-state index in [1.165, 1.54) is 7.11 Å². The first-order valence-electron chi connectivity index (χ1n) is 11.3. The highest BCUT2D eigenvalue weighted by Crippen LogP contribution is 2.40. The monoisotopic (exact) mass is 461 g/mol. The zero-order chi connectivity index (χ0) is 22.5. The number of carbonyl (C=O) groups is 2. The van der Waals surface area contributed by atoms with Crippen LogP contribution < -0.4 is 5.32 Å². The molecular formula is C22H31N5O4S. The molecule has 2 N–H and O–H groups in total. The number of hydrogen-bond donors (Lipinski definition) is 2. The number of rotatable bonds is 9. The number of aromatic nitrogens is 3. The predicted molar refractivity (Wildman–Crippen MR) is 120 cm³/mol. The van der Waals surface area contributed by atoms with E-state index in [1.807, 2.05) is 11.1 Å². The number of nitrogens with one attached hydrogen (secondary N) is 2. The van der Waals surface area contributed by atoms with Crippen molar-refractivity contribution < 1.29 is 19.1 Å². The van der Waals surface area contributed by atoms with E-state index in [0.29, 0.717) is 19.6 Å². The molecule has 1 saturated heterocycles. The number of aryl methyl sites for hydroxylation is 1. The van der Waals surface area contributed by atoms with Crippen LogP contribution in [0.15, 0.2) is 12.4 Å². The number of aromatic amines is 1. The Hall–Kier alpha value is -2.46. The molecule has 2 aromatic heterocycles. The van der Waals surface area contributed by atoms with Gasteiger partial charge in [0.2, 0.25) is 0 Å². The van der Waals surface area contributed by atoms with E-state index >= 15 is 0 Å². The summed E-state index contributed by atoms with van der Waals surface area (Å²) >= 11 is 1.61. The van der Waals surface area contributed by atoms with Crippen molar-refractivity contribution in [3.63, 3.8) is 0 Å². The van der Waals surface area contributed by atoms with Gasteiger partial charge in [-0.05, 0) is 51.9 Å². The molecule has 2 atom stereocenters. The molecule has 3 heterocycles. The second kappa shape index (κ2) is 10.4. The van der Waals surface area contributed by atoms with Gasteiger partial charge < -0.3 is 19.7 Å². The van der Waals surface area contributed by atoms with E-state index in [1.54, 1.807) is 17.5 Å². The second-order valence-corrected chi connectivity index (χ2v) is 9.38. The Bertz CT molecular complexity index is 906. The number of thiazole rings is 1. The molecule has 0 aromatic carbocycles. The SMILES string of the molecule is COC(=O)NCCCc1nc([C@@H](C)N(C(=O)[C@H]2CCCCO2)C2CC2)sc1-c1cn[nH]c1. The van der Waals surface area contributed by atoms with Crippen LogP contribution in [-0.4, -0.2) is 64.5 Å². The number of hydrogen-bond acceptors (Lipinski definition) is 7. The molecule has 0 bridgehead atoms. The Morgan fingerprint density at radius 3 is 2.88 bits per heavy atom. The molecule has 10 heteroatoms. The van der Waals surface area contributed by atoms with E-state index in [2.05, 4.69) is 27.2 Å². The Morgan fingerprint density at radius 1 is 1.38 bits per heavy atom. The normalized spacial score (nSPS) is 19.4. The van der Waals surface area contributed by atoms with Crippen molar-refractivity contribution in [2.45, 2.75) is 70.1 Å². The Balaban J connectivity index is 1.52. The van der Waals surface area contributed by atoms with Gasteiger partial charge in [-0.2, -0.15) is 5.10 Å². The van der Waals surface area contributed by atoms with Crippen LogP contribution in [0.5, 0.6) is 0 Å². The lowest BCUT2D eigenvalue weighted by atomic mass is 10.1. The molecule has 0 spiro atoms. The summed E-state index contributed by atoms with van der Waals surface area (Å²) in [5, 5.41) is 10.6. The van der Waals surface area contributed by atoms with Gasteiger partial charge in [0.25, 0.3) is 5.91 Å². The van der Waals surface area contributed by atoms with E-state index in [4.69, 9.17) is 9.72 Å². The van der Waals surface area contributed by atoms with Crippen LogP contribution in [0.4, 0.5) is 4.79 Å². The lowest BCUT2D eigenvalue weighted by Gasteiger charge is -2.33. The number of methoxy groups -OCH3 is 1. The molecule has 1 aliphatic carbocycles. The van der Waals surface area contributed by atoms with E-state index in [-0.39, 0.29) is 24.1 Å². The quantitative estimate of drug-likeness (QED) is 0.554. The van der Waals surface area contributed by atoms with Gasteiger partial charge in [-0.1, -0.05) is 0 Å². The fourth-order valence-electron chi connectivity index (χ4n) is 4.10. The summed E-state index contributed by atoms with van der Waals surface area (Å²) in [5.41, 5.74) is 1.94. The Morgan fingerprint density at radius 2 is 2.22 bits per heavy atom. The number of ether oxygens (including phenoxy) is 2. The topological polar surface area (TPSA) is 109 Å². The molecule has 0 unspecified atom stereocenters. The highest BCUT2D eigenvalue weighted by Gasteiger charge is 2.41. The van der Waals surface area contributed by atoms with Crippen LogP contribution in [-0.2, 0) is 20.7 Å². The summed E-state index contributed by atoms with van der Waals surface area (Å²) in [6, 6.07) is 0.162. The molecule has 4 rings (SSSR count). The highest BCUT2D eigenvalue weighted by atomic mass is 32.1. The zero-order valence-electron chi connectivity index (χ0n) is 18.6. The van der Waals surface area contributed by atoms with Crippen molar-refractivity contribution in [2.24, 2.45) is 0 Å². The first-order valence-corrected chi connectivity index (χ1v) is 12.1. The van der Waals surface area contributed by atoms with Gasteiger partial charge in [0, 0.05) is 31.0 Å². The van der Waals surface area contributed by atoms with Crippen molar-refractivity contribution in [3.05, 3.63) is 23.1 Å². The maximum atomic E-state index is 13.3. The summed E-state index contributed by atoms with van der Waals surface area (Å²) in [7, 11) is 1.35. The van der Waals surface area contributed by atoms with Crippen molar-refractivity contribution in [3.8, 4) is 10.4 Å². The number of H-pyrrole nitrogens is 1. The number of alkyl carbamates (subject to hydrolysis) is 1. The predicted octanol–water partition coefficient (Wildman–Crippen LogP) is 3.44. The van der Waals surface area contributed by atoms with E-state index < -0.39 is 6.09 Å². The fourth-order valence-corrected chi connectivity index (χ4v) is 5.24. The maximum Gasteiger partial charge on any atom is 0.406 e. The molecule has 2 aliphatic rings. The number of carbonyl (C=O) groups excluding carboxylic acids is 2. The summed E-state index contributed by atoms with van der Waals surface area (Å²) < 4.78 is 10.4. The third-order valence-corrected chi connectivity index (χ3v) is 7.26. The molecule has 174 valence electrons. The van der Waals surface area contributed by atoms with Gasteiger partial charge in [0.05, 0.1) is 29.9 Å². The second-order valence-electron chi connectivity index (χ2n) is 8.34. The van der Waals surface area contributed by atoms with Gasteiger partial charge >= 0.3 is 6.09 Å². The lowest BCUT2D eigenvalue weighted by molar-refractivity contribution is -0.149. The molecule has 2 aromatic rings. The van der Waals surface area contributed by atoms with Crippen LogP contribution in [0.3, 0.4) is 0 Å². The molecule has 9 nitrogen and oxygen atoms in total. The van der Waals surface area contributed by atoms with Crippen LogP contribution in [0, 0.1) is 0 Å². The van der Waals surface area contributed by atoms with E-state index in [9.17, 15) is 9.59 Å². The summed E-state index contributed by atoms with van der Waals surface area (Å²) in [4.78, 5) is 32.7. The van der Waals surface area contributed by atoms with Crippen LogP contribution in [0.2, 0.25) is 0 Å². The summed E-state index contributed by atoms with van der Waals surface area (Å²) in [5.74, 6) is 0.101. The zero-order valence-corrected chi connectivity index (χ0v) is 19.5. The third kappa shape index (κ3) is 5.29. The minimum atomic E-state index is -0.434. The molecular weight excluding hydrogens is 430 g/mol. The van der Waals surface area contributed by atoms with Gasteiger partial charge in [-0.15, -0.1) is 11.3 Å².